The Morgan fingerprint density at radius 2 is 2.07 bits per heavy atom. The molecule has 2 aliphatic rings. The van der Waals surface area contributed by atoms with Crippen molar-refractivity contribution in [3.63, 3.8) is 0 Å². The molecule has 2 rings (SSSR count). The molecule has 0 aromatic carbocycles. The standard InChI is InChI=1S/C11H20N2S/c1-2-12-10(14)13-8-7-11(9-13)5-3-4-6-11/h2-9H2,1H3,(H,12,14). The number of hydrogen-bond donors (Lipinski definition) is 1. The minimum atomic E-state index is 0.638. The van der Waals surface area contributed by atoms with Crippen LogP contribution in [0.2, 0.25) is 0 Å². The minimum absolute atomic E-state index is 0.638. The van der Waals surface area contributed by atoms with Gasteiger partial charge in [0.2, 0.25) is 0 Å². The molecule has 2 nitrogen and oxygen atoms in total. The highest BCUT2D eigenvalue weighted by Gasteiger charge is 2.40. The summed E-state index contributed by atoms with van der Waals surface area (Å²) in [6, 6.07) is 0. The summed E-state index contributed by atoms with van der Waals surface area (Å²) in [5.41, 5.74) is 0.638. The van der Waals surface area contributed by atoms with Crippen molar-refractivity contribution in [1.82, 2.24) is 10.2 Å². The van der Waals surface area contributed by atoms with Gasteiger partial charge in [0.25, 0.3) is 0 Å². The molecular weight excluding hydrogens is 192 g/mol. The zero-order valence-electron chi connectivity index (χ0n) is 9.01. The molecule has 0 aromatic heterocycles. The van der Waals surface area contributed by atoms with Gasteiger partial charge in [0.15, 0.2) is 5.11 Å². The highest BCUT2D eigenvalue weighted by Crippen LogP contribution is 2.45. The number of likely N-dealkylation sites (tertiary alicyclic amines) is 1. The Bertz CT molecular complexity index is 221. The van der Waals surface area contributed by atoms with Crippen LogP contribution in [0, 0.1) is 5.41 Å². The van der Waals surface area contributed by atoms with Crippen LogP contribution in [0.5, 0.6) is 0 Å². The van der Waals surface area contributed by atoms with Gasteiger partial charge in [0, 0.05) is 19.6 Å². The molecule has 0 atom stereocenters. The Kier molecular flexibility index (Phi) is 2.96. The molecule has 1 saturated carbocycles. The molecule has 1 aliphatic heterocycles. The average molecular weight is 212 g/mol. The van der Waals surface area contributed by atoms with E-state index >= 15 is 0 Å². The molecule has 1 spiro atoms. The van der Waals surface area contributed by atoms with E-state index in [4.69, 9.17) is 12.2 Å². The smallest absolute Gasteiger partial charge is 0.168 e. The van der Waals surface area contributed by atoms with Crippen LogP contribution in [0.15, 0.2) is 0 Å². The highest BCUT2D eigenvalue weighted by molar-refractivity contribution is 7.80. The van der Waals surface area contributed by atoms with Crippen molar-refractivity contribution in [1.29, 1.82) is 0 Å². The lowest BCUT2D eigenvalue weighted by Crippen LogP contribution is -2.39. The zero-order chi connectivity index (χ0) is 10.0. The molecular formula is C11H20N2S. The molecule has 1 saturated heterocycles. The SMILES string of the molecule is CCNC(=S)N1CCC2(CCCC2)C1. The molecule has 0 amide bonds. The third kappa shape index (κ3) is 1.88. The number of nitrogens with one attached hydrogen (secondary N) is 1. The first-order chi connectivity index (χ1) is 6.76. The zero-order valence-corrected chi connectivity index (χ0v) is 9.83. The summed E-state index contributed by atoms with van der Waals surface area (Å²) >= 11 is 5.35. The van der Waals surface area contributed by atoms with E-state index in [0.717, 1.165) is 11.7 Å². The molecule has 1 N–H and O–H groups in total. The lowest BCUT2D eigenvalue weighted by molar-refractivity contribution is 0.311. The predicted molar refractivity (Wildman–Crippen MR) is 63.4 cm³/mol. The van der Waals surface area contributed by atoms with E-state index in [1.807, 2.05) is 0 Å². The molecule has 0 radical (unpaired) electrons. The third-order valence-corrected chi connectivity index (χ3v) is 4.12. The molecule has 0 aromatic rings. The monoisotopic (exact) mass is 212 g/mol. The number of rotatable bonds is 1. The lowest BCUT2D eigenvalue weighted by atomic mass is 9.86. The van der Waals surface area contributed by atoms with Gasteiger partial charge in [-0.1, -0.05) is 12.8 Å². The van der Waals surface area contributed by atoms with Crippen LogP contribution >= 0.6 is 12.2 Å². The van der Waals surface area contributed by atoms with Crippen molar-refractivity contribution in [2.24, 2.45) is 5.41 Å². The molecule has 0 unspecified atom stereocenters. The van der Waals surface area contributed by atoms with Gasteiger partial charge in [-0.05, 0) is 43.8 Å². The topological polar surface area (TPSA) is 15.3 Å². The van der Waals surface area contributed by atoms with E-state index in [0.29, 0.717) is 5.41 Å². The summed E-state index contributed by atoms with van der Waals surface area (Å²) in [5, 5.41) is 4.22. The first-order valence-corrected chi connectivity index (χ1v) is 6.19. The fourth-order valence-electron chi connectivity index (χ4n) is 2.90. The van der Waals surface area contributed by atoms with Gasteiger partial charge >= 0.3 is 0 Å². The maximum atomic E-state index is 5.35. The van der Waals surface area contributed by atoms with E-state index in [2.05, 4.69) is 17.1 Å². The van der Waals surface area contributed by atoms with Crippen molar-refractivity contribution in [2.75, 3.05) is 19.6 Å². The molecule has 1 heterocycles. The minimum Gasteiger partial charge on any atom is -0.363 e. The lowest BCUT2D eigenvalue weighted by Gasteiger charge is -2.25. The van der Waals surface area contributed by atoms with Crippen LogP contribution < -0.4 is 5.32 Å². The van der Waals surface area contributed by atoms with E-state index in [-0.39, 0.29) is 0 Å². The van der Waals surface area contributed by atoms with Crippen LogP contribution in [0.3, 0.4) is 0 Å². The van der Waals surface area contributed by atoms with Crippen molar-refractivity contribution in [2.45, 2.75) is 39.0 Å². The van der Waals surface area contributed by atoms with Gasteiger partial charge < -0.3 is 10.2 Å². The van der Waals surface area contributed by atoms with E-state index in [1.165, 1.54) is 45.2 Å². The van der Waals surface area contributed by atoms with Crippen molar-refractivity contribution < 1.29 is 0 Å². The van der Waals surface area contributed by atoms with Gasteiger partial charge in [0.1, 0.15) is 0 Å². The van der Waals surface area contributed by atoms with E-state index in [9.17, 15) is 0 Å². The maximum Gasteiger partial charge on any atom is 0.168 e. The molecule has 80 valence electrons. The van der Waals surface area contributed by atoms with E-state index in [1.54, 1.807) is 0 Å². The third-order valence-electron chi connectivity index (χ3n) is 3.72. The largest absolute Gasteiger partial charge is 0.363 e. The van der Waals surface area contributed by atoms with Crippen molar-refractivity contribution in [3.05, 3.63) is 0 Å². The second-order valence-electron chi connectivity index (χ2n) is 4.71. The quantitative estimate of drug-likeness (QED) is 0.671. The summed E-state index contributed by atoms with van der Waals surface area (Å²) in [6.45, 7) is 5.43. The number of nitrogens with zero attached hydrogens (tertiary/aromatic N) is 1. The van der Waals surface area contributed by atoms with Gasteiger partial charge in [-0.3, -0.25) is 0 Å². The fourth-order valence-corrected chi connectivity index (χ4v) is 3.20. The molecule has 0 bridgehead atoms. The summed E-state index contributed by atoms with van der Waals surface area (Å²) in [4.78, 5) is 2.37. The highest BCUT2D eigenvalue weighted by atomic mass is 32.1. The molecule has 1 aliphatic carbocycles. The summed E-state index contributed by atoms with van der Waals surface area (Å²) in [5.74, 6) is 0. The Labute approximate surface area is 92.0 Å². The van der Waals surface area contributed by atoms with Crippen LogP contribution in [0.25, 0.3) is 0 Å². The van der Waals surface area contributed by atoms with Gasteiger partial charge in [-0.15, -0.1) is 0 Å². The Balaban J connectivity index is 1.90. The van der Waals surface area contributed by atoms with E-state index < -0.39 is 0 Å². The molecule has 14 heavy (non-hydrogen) atoms. The first kappa shape index (κ1) is 10.2. The van der Waals surface area contributed by atoms with Crippen molar-refractivity contribution >= 4 is 17.3 Å². The normalized spacial score (nSPS) is 24.5. The van der Waals surface area contributed by atoms with Crippen LogP contribution in [0.1, 0.15) is 39.0 Å². The fraction of sp³-hybridized carbons (Fsp3) is 0.909. The van der Waals surface area contributed by atoms with Gasteiger partial charge in [-0.2, -0.15) is 0 Å². The maximum absolute atomic E-state index is 5.35. The Morgan fingerprint density at radius 3 is 2.71 bits per heavy atom. The van der Waals surface area contributed by atoms with Crippen molar-refractivity contribution in [3.8, 4) is 0 Å². The van der Waals surface area contributed by atoms with Crippen LogP contribution in [-0.2, 0) is 0 Å². The number of thiocarbonyl (C=S) groups is 1. The molecule has 3 heteroatoms. The Morgan fingerprint density at radius 1 is 1.36 bits per heavy atom. The Hall–Kier alpha value is -0.310. The summed E-state index contributed by atoms with van der Waals surface area (Å²) in [7, 11) is 0. The second kappa shape index (κ2) is 4.05. The second-order valence-corrected chi connectivity index (χ2v) is 5.10. The number of hydrogen-bond acceptors (Lipinski definition) is 1. The molecule has 2 fully saturated rings. The summed E-state index contributed by atoms with van der Waals surface area (Å²) in [6.07, 6.45) is 7.08. The predicted octanol–water partition coefficient (Wildman–Crippen LogP) is 2.15. The van der Waals surface area contributed by atoms with Gasteiger partial charge in [0.05, 0.1) is 0 Å². The van der Waals surface area contributed by atoms with Crippen LogP contribution in [0.4, 0.5) is 0 Å². The van der Waals surface area contributed by atoms with Gasteiger partial charge in [-0.25, -0.2) is 0 Å². The average Bonchev–Trinajstić information content (AvgIpc) is 2.78. The van der Waals surface area contributed by atoms with Crippen LogP contribution in [-0.4, -0.2) is 29.6 Å². The summed E-state index contributed by atoms with van der Waals surface area (Å²) < 4.78 is 0. The first-order valence-electron chi connectivity index (χ1n) is 5.79.